The Bertz CT molecular complexity index is 741. The number of fused-ring (bicyclic) bond motifs is 3. The maximum absolute atomic E-state index is 12.2. The van der Waals surface area contributed by atoms with Gasteiger partial charge in [-0.3, -0.25) is 4.79 Å². The first kappa shape index (κ1) is 12.3. The number of carbonyl (C=O) groups excluding carboxylic acids is 1. The fourth-order valence-electron chi connectivity index (χ4n) is 3.49. The van der Waals surface area contributed by atoms with Crippen LogP contribution in [0.4, 0.5) is 0 Å². The van der Waals surface area contributed by atoms with Crippen LogP contribution in [0.15, 0.2) is 42.5 Å². The summed E-state index contributed by atoms with van der Waals surface area (Å²) in [7, 11) is 0. The van der Waals surface area contributed by atoms with Crippen LogP contribution in [0.1, 0.15) is 27.4 Å². The number of hydrogen-bond donors (Lipinski definition) is 3. The van der Waals surface area contributed by atoms with Crippen molar-refractivity contribution in [1.29, 1.82) is 0 Å². The molecule has 3 atom stereocenters. The van der Waals surface area contributed by atoms with Crippen LogP contribution in [0.3, 0.4) is 0 Å². The SMILES string of the molecule is O=C(N[C@@H]1[C@@H]2Cc3ccccc3[C@@H]21)c1cccc(O)c1O. The summed E-state index contributed by atoms with van der Waals surface area (Å²) in [5, 5.41) is 22.2. The number of carbonyl (C=O) groups is 1. The van der Waals surface area contributed by atoms with Crippen LogP contribution in [-0.2, 0) is 6.42 Å². The minimum atomic E-state index is -0.360. The Morgan fingerprint density at radius 2 is 1.90 bits per heavy atom. The first-order valence-corrected chi connectivity index (χ1v) is 7.06. The standard InChI is InChI=1S/C17H15NO3/c19-13-7-3-6-11(16(13)20)17(21)18-15-12-8-9-4-1-2-5-10(9)14(12)15/h1-7,12,14-15,19-20H,8H2,(H,18,21)/t12-,14+,15-/m1/s1. The van der Waals surface area contributed by atoms with E-state index in [1.807, 2.05) is 12.1 Å². The average molecular weight is 281 g/mol. The third kappa shape index (κ3) is 1.79. The highest BCUT2D eigenvalue weighted by Gasteiger charge is 2.56. The minimum Gasteiger partial charge on any atom is -0.504 e. The van der Waals surface area contributed by atoms with Crippen molar-refractivity contribution in [3.8, 4) is 11.5 Å². The maximum atomic E-state index is 12.2. The fraction of sp³-hybridized carbons (Fsp3) is 0.235. The van der Waals surface area contributed by atoms with Gasteiger partial charge in [-0.05, 0) is 35.6 Å². The van der Waals surface area contributed by atoms with Gasteiger partial charge in [0.1, 0.15) is 0 Å². The number of nitrogens with one attached hydrogen (secondary N) is 1. The molecule has 1 fully saturated rings. The minimum absolute atomic E-state index is 0.119. The monoisotopic (exact) mass is 281 g/mol. The summed E-state index contributed by atoms with van der Waals surface area (Å²) in [6.45, 7) is 0. The summed E-state index contributed by atoms with van der Waals surface area (Å²) < 4.78 is 0. The average Bonchev–Trinajstić information content (AvgIpc) is 2.99. The number of aromatic hydroxyl groups is 2. The summed E-state index contributed by atoms with van der Waals surface area (Å²) in [4.78, 5) is 12.2. The molecule has 0 heterocycles. The molecule has 21 heavy (non-hydrogen) atoms. The maximum Gasteiger partial charge on any atom is 0.255 e. The molecule has 4 nitrogen and oxygen atoms in total. The van der Waals surface area contributed by atoms with E-state index in [4.69, 9.17) is 0 Å². The van der Waals surface area contributed by atoms with Gasteiger partial charge in [0, 0.05) is 12.0 Å². The Kier molecular flexibility index (Phi) is 2.48. The Morgan fingerprint density at radius 1 is 1.10 bits per heavy atom. The van der Waals surface area contributed by atoms with E-state index in [-0.39, 0.29) is 29.0 Å². The lowest BCUT2D eigenvalue weighted by Crippen LogP contribution is -2.28. The number of benzene rings is 2. The summed E-state index contributed by atoms with van der Waals surface area (Å²) in [6.07, 6.45) is 0.998. The molecule has 0 unspecified atom stereocenters. The largest absolute Gasteiger partial charge is 0.504 e. The second kappa shape index (κ2) is 4.25. The molecule has 0 saturated heterocycles. The number of amides is 1. The van der Waals surface area contributed by atoms with Gasteiger partial charge in [-0.25, -0.2) is 0 Å². The summed E-state index contributed by atoms with van der Waals surface area (Å²) in [6, 6.07) is 12.9. The molecule has 1 saturated carbocycles. The van der Waals surface area contributed by atoms with Crippen molar-refractivity contribution in [2.24, 2.45) is 5.92 Å². The van der Waals surface area contributed by atoms with Gasteiger partial charge in [-0.2, -0.15) is 0 Å². The predicted molar refractivity (Wildman–Crippen MR) is 77.4 cm³/mol. The van der Waals surface area contributed by atoms with Crippen LogP contribution < -0.4 is 5.32 Å². The highest BCUT2D eigenvalue weighted by atomic mass is 16.3. The summed E-state index contributed by atoms with van der Waals surface area (Å²) >= 11 is 0. The number of phenols is 2. The lowest BCUT2D eigenvalue weighted by Gasteiger charge is -2.10. The molecule has 1 amide bonds. The molecule has 2 aliphatic carbocycles. The van der Waals surface area contributed by atoms with Gasteiger partial charge in [-0.15, -0.1) is 0 Å². The van der Waals surface area contributed by atoms with E-state index >= 15 is 0 Å². The molecule has 3 N–H and O–H groups in total. The van der Waals surface area contributed by atoms with E-state index in [0.29, 0.717) is 11.8 Å². The summed E-state index contributed by atoms with van der Waals surface area (Å²) in [5.74, 6) is -0.110. The Labute approximate surface area is 122 Å². The number of phenolic OH excluding ortho intramolecular Hbond substituents is 2. The molecule has 0 bridgehead atoms. The molecule has 4 rings (SSSR count). The van der Waals surface area contributed by atoms with Crippen LogP contribution in [0.2, 0.25) is 0 Å². The number of hydrogen-bond acceptors (Lipinski definition) is 3. The molecular formula is C17H15NO3. The summed E-state index contributed by atoms with van der Waals surface area (Å²) in [5.41, 5.74) is 2.82. The van der Waals surface area contributed by atoms with Crippen LogP contribution in [0.5, 0.6) is 11.5 Å². The van der Waals surface area contributed by atoms with Crippen LogP contribution in [0, 0.1) is 5.92 Å². The Hall–Kier alpha value is -2.49. The molecule has 2 aromatic carbocycles. The molecule has 2 aliphatic rings. The van der Waals surface area contributed by atoms with Gasteiger partial charge >= 0.3 is 0 Å². The molecule has 0 spiro atoms. The molecule has 0 aromatic heterocycles. The van der Waals surface area contributed by atoms with E-state index < -0.39 is 0 Å². The van der Waals surface area contributed by atoms with Gasteiger partial charge in [0.15, 0.2) is 11.5 Å². The van der Waals surface area contributed by atoms with Crippen molar-refractivity contribution < 1.29 is 15.0 Å². The topological polar surface area (TPSA) is 69.6 Å². The molecule has 4 heteroatoms. The highest BCUT2D eigenvalue weighted by molar-refractivity contribution is 5.98. The predicted octanol–water partition coefficient (Wildman–Crippen LogP) is 2.17. The van der Waals surface area contributed by atoms with Crippen molar-refractivity contribution in [1.82, 2.24) is 5.32 Å². The third-order valence-electron chi connectivity index (χ3n) is 4.60. The molecule has 0 radical (unpaired) electrons. The number of para-hydroxylation sites is 1. The van der Waals surface area contributed by atoms with E-state index in [1.54, 1.807) is 6.07 Å². The first-order chi connectivity index (χ1) is 10.2. The van der Waals surface area contributed by atoms with Gasteiger partial charge in [0.2, 0.25) is 0 Å². The lowest BCUT2D eigenvalue weighted by molar-refractivity contribution is 0.0944. The molecule has 0 aliphatic heterocycles. The third-order valence-corrected chi connectivity index (χ3v) is 4.60. The van der Waals surface area contributed by atoms with Crippen LogP contribution in [0.25, 0.3) is 0 Å². The molecule has 106 valence electrons. The zero-order chi connectivity index (χ0) is 14.6. The van der Waals surface area contributed by atoms with Crippen molar-refractivity contribution in [2.75, 3.05) is 0 Å². The second-order valence-corrected chi connectivity index (χ2v) is 5.77. The first-order valence-electron chi connectivity index (χ1n) is 7.06. The molecule has 2 aromatic rings. The van der Waals surface area contributed by atoms with Crippen molar-refractivity contribution in [3.63, 3.8) is 0 Å². The van der Waals surface area contributed by atoms with E-state index in [2.05, 4.69) is 17.4 Å². The zero-order valence-corrected chi connectivity index (χ0v) is 11.3. The van der Waals surface area contributed by atoms with Crippen LogP contribution in [-0.4, -0.2) is 22.2 Å². The van der Waals surface area contributed by atoms with Crippen LogP contribution >= 0.6 is 0 Å². The van der Waals surface area contributed by atoms with E-state index in [1.165, 1.54) is 23.3 Å². The quantitative estimate of drug-likeness (QED) is 0.739. The normalized spacial score (nSPS) is 25.0. The smallest absolute Gasteiger partial charge is 0.255 e. The van der Waals surface area contributed by atoms with Crippen molar-refractivity contribution in [3.05, 3.63) is 59.2 Å². The second-order valence-electron chi connectivity index (χ2n) is 5.77. The van der Waals surface area contributed by atoms with Gasteiger partial charge in [0.25, 0.3) is 5.91 Å². The van der Waals surface area contributed by atoms with E-state index in [0.717, 1.165) is 6.42 Å². The fourth-order valence-corrected chi connectivity index (χ4v) is 3.49. The Balaban J connectivity index is 1.52. The van der Waals surface area contributed by atoms with Crippen molar-refractivity contribution >= 4 is 5.91 Å². The van der Waals surface area contributed by atoms with Gasteiger partial charge in [0.05, 0.1) is 5.56 Å². The Morgan fingerprint density at radius 3 is 2.76 bits per heavy atom. The van der Waals surface area contributed by atoms with Crippen molar-refractivity contribution in [2.45, 2.75) is 18.4 Å². The van der Waals surface area contributed by atoms with E-state index in [9.17, 15) is 15.0 Å². The molecular weight excluding hydrogens is 266 g/mol. The van der Waals surface area contributed by atoms with Gasteiger partial charge < -0.3 is 15.5 Å². The zero-order valence-electron chi connectivity index (χ0n) is 11.3. The number of rotatable bonds is 2. The highest BCUT2D eigenvalue weighted by Crippen LogP contribution is 2.56. The lowest BCUT2D eigenvalue weighted by atomic mass is 10.0. The van der Waals surface area contributed by atoms with Gasteiger partial charge in [-0.1, -0.05) is 30.3 Å².